The molecule has 0 aliphatic heterocycles. The Balaban J connectivity index is 2.17. The van der Waals surface area contributed by atoms with E-state index in [9.17, 15) is 4.79 Å². The first-order chi connectivity index (χ1) is 6.74. The molecule has 0 aromatic carbocycles. The third kappa shape index (κ3) is 3.66. The third-order valence-corrected chi connectivity index (χ3v) is 2.84. The van der Waals surface area contributed by atoms with Crippen molar-refractivity contribution in [2.45, 2.75) is 39.5 Å². The molecular formula is C11H20O3. The fourth-order valence-corrected chi connectivity index (χ4v) is 1.80. The summed E-state index contributed by atoms with van der Waals surface area (Å²) in [5.74, 6) is 0.808. The summed E-state index contributed by atoms with van der Waals surface area (Å²) in [4.78, 5) is 11.5. The Morgan fingerprint density at radius 3 is 2.50 bits per heavy atom. The summed E-state index contributed by atoms with van der Waals surface area (Å²) in [7, 11) is 0. The van der Waals surface area contributed by atoms with Crippen molar-refractivity contribution >= 4 is 5.97 Å². The maximum Gasteiger partial charge on any atom is 0.311 e. The molecule has 0 N–H and O–H groups in total. The van der Waals surface area contributed by atoms with Gasteiger partial charge in [-0.2, -0.15) is 0 Å². The second-order valence-electron chi connectivity index (χ2n) is 4.03. The average molecular weight is 200 g/mol. The van der Waals surface area contributed by atoms with E-state index in [2.05, 4.69) is 6.92 Å². The molecule has 1 rings (SSSR count). The number of ether oxygens (including phenoxy) is 2. The molecule has 1 fully saturated rings. The van der Waals surface area contributed by atoms with Crippen molar-refractivity contribution < 1.29 is 14.3 Å². The minimum absolute atomic E-state index is 0.0784. The Bertz CT molecular complexity index is 171. The molecule has 14 heavy (non-hydrogen) atoms. The van der Waals surface area contributed by atoms with Crippen LogP contribution in [0.1, 0.15) is 39.5 Å². The van der Waals surface area contributed by atoms with Crippen molar-refractivity contribution in [2.24, 2.45) is 11.8 Å². The lowest BCUT2D eigenvalue weighted by atomic mass is 9.83. The van der Waals surface area contributed by atoms with Crippen molar-refractivity contribution in [3.05, 3.63) is 0 Å². The summed E-state index contributed by atoms with van der Waals surface area (Å²) in [6.07, 6.45) is 4.25. The van der Waals surface area contributed by atoms with E-state index in [0.717, 1.165) is 31.6 Å². The maximum atomic E-state index is 11.5. The Kier molecular flexibility index (Phi) is 4.94. The standard InChI is InChI=1S/C11H20O3/c1-3-13-8-14-11(12)10-6-4-9(2)5-7-10/h9-10H,3-8H2,1-2H3. The van der Waals surface area contributed by atoms with Crippen LogP contribution in [-0.4, -0.2) is 19.4 Å². The lowest BCUT2D eigenvalue weighted by Gasteiger charge is -2.24. The molecule has 0 spiro atoms. The van der Waals surface area contributed by atoms with E-state index in [0.29, 0.717) is 6.61 Å². The minimum atomic E-state index is -0.0784. The molecule has 1 saturated carbocycles. The van der Waals surface area contributed by atoms with Crippen LogP contribution in [0.4, 0.5) is 0 Å². The second kappa shape index (κ2) is 6.02. The molecule has 0 atom stereocenters. The van der Waals surface area contributed by atoms with Crippen LogP contribution < -0.4 is 0 Å². The molecule has 0 aromatic rings. The van der Waals surface area contributed by atoms with E-state index in [1.165, 1.54) is 0 Å². The van der Waals surface area contributed by atoms with E-state index in [1.807, 2.05) is 6.92 Å². The zero-order chi connectivity index (χ0) is 10.4. The smallest absolute Gasteiger partial charge is 0.311 e. The lowest BCUT2D eigenvalue weighted by molar-refractivity contribution is -0.162. The predicted octanol–water partition coefficient (Wildman–Crippen LogP) is 2.35. The van der Waals surface area contributed by atoms with Crippen LogP contribution in [0.2, 0.25) is 0 Å². The number of esters is 1. The molecule has 0 unspecified atom stereocenters. The summed E-state index contributed by atoms with van der Waals surface area (Å²) in [6, 6.07) is 0. The first-order valence-corrected chi connectivity index (χ1v) is 5.48. The highest BCUT2D eigenvalue weighted by atomic mass is 16.7. The van der Waals surface area contributed by atoms with E-state index < -0.39 is 0 Å². The monoisotopic (exact) mass is 200 g/mol. The Morgan fingerprint density at radius 1 is 1.29 bits per heavy atom. The van der Waals surface area contributed by atoms with Gasteiger partial charge in [0.25, 0.3) is 0 Å². The van der Waals surface area contributed by atoms with Crippen LogP contribution in [0.25, 0.3) is 0 Å². The highest BCUT2D eigenvalue weighted by Gasteiger charge is 2.25. The van der Waals surface area contributed by atoms with Gasteiger partial charge >= 0.3 is 5.97 Å². The number of carbonyl (C=O) groups excluding carboxylic acids is 1. The molecule has 3 heteroatoms. The third-order valence-electron chi connectivity index (χ3n) is 2.84. The van der Waals surface area contributed by atoms with Crippen molar-refractivity contribution in [1.82, 2.24) is 0 Å². The molecule has 0 heterocycles. The van der Waals surface area contributed by atoms with Crippen molar-refractivity contribution in [3.63, 3.8) is 0 Å². The fourth-order valence-electron chi connectivity index (χ4n) is 1.80. The number of rotatable bonds is 4. The quantitative estimate of drug-likeness (QED) is 0.397. The first kappa shape index (κ1) is 11.5. The zero-order valence-corrected chi connectivity index (χ0v) is 9.12. The number of carbonyl (C=O) groups is 1. The Labute approximate surface area is 85.8 Å². The largest absolute Gasteiger partial charge is 0.438 e. The zero-order valence-electron chi connectivity index (χ0n) is 9.12. The van der Waals surface area contributed by atoms with E-state index in [-0.39, 0.29) is 18.7 Å². The summed E-state index contributed by atoms with van der Waals surface area (Å²) in [6.45, 7) is 4.83. The van der Waals surface area contributed by atoms with Gasteiger partial charge in [0.05, 0.1) is 5.92 Å². The average Bonchev–Trinajstić information content (AvgIpc) is 2.19. The van der Waals surface area contributed by atoms with Gasteiger partial charge in [0, 0.05) is 6.61 Å². The van der Waals surface area contributed by atoms with Gasteiger partial charge in [0.15, 0.2) is 6.79 Å². The summed E-state index contributed by atoms with van der Waals surface area (Å²) in [5.41, 5.74) is 0. The Hall–Kier alpha value is -0.570. The SMILES string of the molecule is CCOCOC(=O)C1CCC(C)CC1. The maximum absolute atomic E-state index is 11.5. The molecule has 0 amide bonds. The molecule has 82 valence electrons. The molecule has 1 aliphatic carbocycles. The van der Waals surface area contributed by atoms with Crippen LogP contribution in [0.15, 0.2) is 0 Å². The molecule has 0 bridgehead atoms. The van der Waals surface area contributed by atoms with Gasteiger partial charge in [-0.25, -0.2) is 0 Å². The van der Waals surface area contributed by atoms with Gasteiger partial charge in [0.1, 0.15) is 0 Å². The van der Waals surface area contributed by atoms with Crippen LogP contribution in [0.5, 0.6) is 0 Å². The van der Waals surface area contributed by atoms with Crippen LogP contribution in [0, 0.1) is 11.8 Å². The fraction of sp³-hybridized carbons (Fsp3) is 0.909. The summed E-state index contributed by atoms with van der Waals surface area (Å²) >= 11 is 0. The lowest BCUT2D eigenvalue weighted by Crippen LogP contribution is -2.23. The van der Waals surface area contributed by atoms with Gasteiger partial charge in [-0.1, -0.05) is 6.92 Å². The highest BCUT2D eigenvalue weighted by Crippen LogP contribution is 2.28. The Morgan fingerprint density at radius 2 is 1.93 bits per heavy atom. The van der Waals surface area contributed by atoms with Crippen LogP contribution >= 0.6 is 0 Å². The van der Waals surface area contributed by atoms with Gasteiger partial charge in [-0.15, -0.1) is 0 Å². The van der Waals surface area contributed by atoms with Gasteiger partial charge in [-0.05, 0) is 38.5 Å². The normalized spacial score (nSPS) is 27.3. The highest BCUT2D eigenvalue weighted by molar-refractivity contribution is 5.72. The van der Waals surface area contributed by atoms with Gasteiger partial charge in [-0.3, -0.25) is 4.79 Å². The summed E-state index contributed by atoms with van der Waals surface area (Å²) < 4.78 is 9.97. The number of hydrogen-bond donors (Lipinski definition) is 0. The first-order valence-electron chi connectivity index (χ1n) is 5.48. The van der Waals surface area contributed by atoms with Crippen molar-refractivity contribution in [3.8, 4) is 0 Å². The minimum Gasteiger partial charge on any atom is -0.438 e. The molecule has 1 aliphatic rings. The van der Waals surface area contributed by atoms with Crippen molar-refractivity contribution in [2.75, 3.05) is 13.4 Å². The van der Waals surface area contributed by atoms with Crippen LogP contribution in [0.3, 0.4) is 0 Å². The molecule has 0 aromatic heterocycles. The van der Waals surface area contributed by atoms with Gasteiger partial charge < -0.3 is 9.47 Å². The molecule has 3 nitrogen and oxygen atoms in total. The molecule has 0 radical (unpaired) electrons. The van der Waals surface area contributed by atoms with Crippen molar-refractivity contribution in [1.29, 1.82) is 0 Å². The number of hydrogen-bond acceptors (Lipinski definition) is 3. The van der Waals surface area contributed by atoms with Crippen LogP contribution in [-0.2, 0) is 14.3 Å². The molecule has 0 saturated heterocycles. The van der Waals surface area contributed by atoms with E-state index in [4.69, 9.17) is 9.47 Å². The van der Waals surface area contributed by atoms with Gasteiger partial charge in [0.2, 0.25) is 0 Å². The molecular weight excluding hydrogens is 180 g/mol. The summed E-state index contributed by atoms with van der Waals surface area (Å²) in [5, 5.41) is 0. The predicted molar refractivity (Wildman–Crippen MR) is 53.7 cm³/mol. The van der Waals surface area contributed by atoms with E-state index >= 15 is 0 Å². The topological polar surface area (TPSA) is 35.5 Å². The second-order valence-corrected chi connectivity index (χ2v) is 4.03. The van der Waals surface area contributed by atoms with E-state index in [1.54, 1.807) is 0 Å².